The summed E-state index contributed by atoms with van der Waals surface area (Å²) in [5.74, 6) is -1.07. The summed E-state index contributed by atoms with van der Waals surface area (Å²) in [5, 5.41) is 20.7. The maximum Gasteiger partial charge on any atom is 1.00 e. The van der Waals surface area contributed by atoms with Gasteiger partial charge < -0.3 is 20.3 Å². The number of nitrogens with one attached hydrogen (secondary N) is 1. The molecular weight excluding hydrogens is 145 g/mol. The van der Waals surface area contributed by atoms with Crippen molar-refractivity contribution in [1.82, 2.24) is 5.32 Å². The molecule has 0 aromatic carbocycles. The monoisotopic (exact) mass is 155 g/mol. The van der Waals surface area contributed by atoms with Crippen LogP contribution in [0.15, 0.2) is 0 Å². The number of carboxylic acids is 1. The van der Waals surface area contributed by atoms with E-state index >= 15 is 0 Å². The normalized spacial score (nSPS) is 8.50. The van der Waals surface area contributed by atoms with Gasteiger partial charge in [-0.1, -0.05) is 0 Å². The molecule has 0 fully saturated rings. The quantitative estimate of drug-likeness (QED) is 0.307. The summed E-state index contributed by atoms with van der Waals surface area (Å²) in [6, 6.07) is 0. The Morgan fingerprint density at radius 3 is 2.50 bits per heavy atom. The molecule has 0 spiro atoms. The number of aliphatic carboxylic acids is 1. The predicted molar refractivity (Wildman–Crippen MR) is 29.6 cm³/mol. The third-order valence-corrected chi connectivity index (χ3v) is 0.794. The molecule has 0 bridgehead atoms. The molecule has 0 aromatic rings. The van der Waals surface area contributed by atoms with Crippen LogP contribution in [0.25, 0.3) is 0 Å². The van der Waals surface area contributed by atoms with E-state index in [9.17, 15) is 9.90 Å². The molecule has 0 rings (SSSR count). The van der Waals surface area contributed by atoms with Gasteiger partial charge in [0.2, 0.25) is 0 Å². The Bertz CT molecular complexity index is 89.0. The SMILES string of the molecule is O=C([O-])CCNCCO.[Na+]. The minimum absolute atomic E-state index is 0. The maximum absolute atomic E-state index is 9.75. The number of hydrogen-bond acceptors (Lipinski definition) is 4. The number of aliphatic hydroxyl groups is 1. The second-order valence-electron chi connectivity index (χ2n) is 1.60. The molecule has 54 valence electrons. The zero-order valence-electron chi connectivity index (χ0n) is 6.09. The average Bonchev–Trinajstić information content (AvgIpc) is 1.80. The van der Waals surface area contributed by atoms with Gasteiger partial charge in [-0.25, -0.2) is 0 Å². The van der Waals surface area contributed by atoms with E-state index in [1.165, 1.54) is 0 Å². The predicted octanol–water partition coefficient (Wildman–Crippen LogP) is -5.29. The van der Waals surface area contributed by atoms with Gasteiger partial charge in [-0.3, -0.25) is 0 Å². The number of carbonyl (C=O) groups is 1. The van der Waals surface area contributed by atoms with Crippen LogP contribution in [-0.4, -0.2) is 30.8 Å². The van der Waals surface area contributed by atoms with E-state index < -0.39 is 5.97 Å². The fourth-order valence-electron chi connectivity index (χ4n) is 0.395. The van der Waals surface area contributed by atoms with Crippen LogP contribution >= 0.6 is 0 Å². The topological polar surface area (TPSA) is 72.4 Å². The zero-order chi connectivity index (χ0) is 7.11. The van der Waals surface area contributed by atoms with Crippen molar-refractivity contribution in [1.29, 1.82) is 0 Å². The molecule has 10 heavy (non-hydrogen) atoms. The molecule has 5 heteroatoms. The summed E-state index contributed by atoms with van der Waals surface area (Å²) >= 11 is 0. The Labute approximate surface area is 81.9 Å². The van der Waals surface area contributed by atoms with Gasteiger partial charge in [0.1, 0.15) is 0 Å². The Kier molecular flexibility index (Phi) is 12.2. The van der Waals surface area contributed by atoms with Gasteiger partial charge in [-0.2, -0.15) is 0 Å². The third kappa shape index (κ3) is 11.2. The smallest absolute Gasteiger partial charge is 0.550 e. The molecule has 0 aliphatic rings. The van der Waals surface area contributed by atoms with Crippen molar-refractivity contribution in [3.63, 3.8) is 0 Å². The van der Waals surface area contributed by atoms with E-state index in [1.807, 2.05) is 0 Å². The number of carboxylic acid groups (broad SMARTS) is 1. The molecule has 0 aliphatic heterocycles. The Morgan fingerprint density at radius 2 is 2.10 bits per heavy atom. The van der Waals surface area contributed by atoms with Crippen molar-refractivity contribution in [2.45, 2.75) is 6.42 Å². The second kappa shape index (κ2) is 9.39. The summed E-state index contributed by atoms with van der Waals surface area (Å²) in [5.41, 5.74) is 0. The molecule has 2 N–H and O–H groups in total. The van der Waals surface area contributed by atoms with Crippen molar-refractivity contribution in [3.05, 3.63) is 0 Å². The standard InChI is InChI=1S/C5H11NO3.Na/c7-4-3-6-2-1-5(8)9;/h6-7H,1-4H2,(H,8,9);/q;+1/p-1. The summed E-state index contributed by atoms with van der Waals surface area (Å²) < 4.78 is 0. The van der Waals surface area contributed by atoms with Gasteiger partial charge in [-0.05, 0) is 6.42 Å². The number of hydrogen-bond donors (Lipinski definition) is 2. The van der Waals surface area contributed by atoms with Crippen molar-refractivity contribution < 1.29 is 44.6 Å². The summed E-state index contributed by atoms with van der Waals surface area (Å²) in [6.45, 7) is 0.837. The average molecular weight is 155 g/mol. The number of rotatable bonds is 5. The van der Waals surface area contributed by atoms with Crippen LogP contribution in [0.5, 0.6) is 0 Å². The first kappa shape index (κ1) is 13.0. The van der Waals surface area contributed by atoms with Gasteiger partial charge in [0, 0.05) is 19.1 Å². The first-order chi connectivity index (χ1) is 4.27. The van der Waals surface area contributed by atoms with Crippen molar-refractivity contribution >= 4 is 5.97 Å². The molecule has 0 saturated carbocycles. The van der Waals surface area contributed by atoms with E-state index in [1.54, 1.807) is 0 Å². The molecule has 0 aromatic heterocycles. The Hall–Kier alpha value is 0.390. The van der Waals surface area contributed by atoms with E-state index in [2.05, 4.69) is 5.32 Å². The first-order valence-corrected chi connectivity index (χ1v) is 2.79. The van der Waals surface area contributed by atoms with Crippen LogP contribution in [-0.2, 0) is 4.79 Å². The number of carbonyl (C=O) groups excluding carboxylic acids is 1. The minimum Gasteiger partial charge on any atom is -0.550 e. The van der Waals surface area contributed by atoms with Crippen LogP contribution in [0, 0.1) is 0 Å². The maximum atomic E-state index is 9.75. The van der Waals surface area contributed by atoms with Gasteiger partial charge in [0.15, 0.2) is 0 Å². The minimum atomic E-state index is -1.07. The van der Waals surface area contributed by atoms with Crippen LogP contribution in [0.1, 0.15) is 6.42 Å². The zero-order valence-corrected chi connectivity index (χ0v) is 8.09. The van der Waals surface area contributed by atoms with Crippen LogP contribution in [0.3, 0.4) is 0 Å². The van der Waals surface area contributed by atoms with Crippen LogP contribution < -0.4 is 40.0 Å². The molecule has 0 atom stereocenters. The van der Waals surface area contributed by atoms with Gasteiger partial charge in [0.25, 0.3) is 0 Å². The van der Waals surface area contributed by atoms with Crippen LogP contribution in [0.2, 0.25) is 0 Å². The first-order valence-electron chi connectivity index (χ1n) is 2.79. The Balaban J connectivity index is 0. The van der Waals surface area contributed by atoms with E-state index in [0.29, 0.717) is 13.1 Å². The Morgan fingerprint density at radius 1 is 1.50 bits per heavy atom. The second-order valence-corrected chi connectivity index (χ2v) is 1.60. The fourth-order valence-corrected chi connectivity index (χ4v) is 0.395. The molecule has 0 saturated heterocycles. The number of aliphatic hydroxyl groups excluding tert-OH is 1. The van der Waals surface area contributed by atoms with Crippen molar-refractivity contribution in [2.24, 2.45) is 0 Å². The van der Waals surface area contributed by atoms with Crippen LogP contribution in [0.4, 0.5) is 0 Å². The summed E-state index contributed by atoms with van der Waals surface area (Å²) in [4.78, 5) is 9.75. The summed E-state index contributed by atoms with van der Waals surface area (Å²) in [7, 11) is 0. The summed E-state index contributed by atoms with van der Waals surface area (Å²) in [6.07, 6.45) is -0.000000000000000222. The van der Waals surface area contributed by atoms with Crippen molar-refractivity contribution in [2.75, 3.05) is 19.7 Å². The van der Waals surface area contributed by atoms with Gasteiger partial charge >= 0.3 is 29.6 Å². The van der Waals surface area contributed by atoms with E-state index in [0.717, 1.165) is 0 Å². The molecule has 0 heterocycles. The molecular formula is C5H10NNaO3. The van der Waals surface area contributed by atoms with Crippen molar-refractivity contribution in [3.8, 4) is 0 Å². The molecule has 0 unspecified atom stereocenters. The fraction of sp³-hybridized carbons (Fsp3) is 0.800. The largest absolute Gasteiger partial charge is 1.00 e. The van der Waals surface area contributed by atoms with E-state index in [4.69, 9.17) is 5.11 Å². The van der Waals surface area contributed by atoms with Gasteiger partial charge in [0.05, 0.1) is 6.61 Å². The van der Waals surface area contributed by atoms with E-state index in [-0.39, 0.29) is 42.6 Å². The van der Waals surface area contributed by atoms with Gasteiger partial charge in [-0.15, -0.1) is 0 Å². The molecule has 0 amide bonds. The molecule has 4 nitrogen and oxygen atoms in total. The molecule has 0 radical (unpaired) electrons. The molecule has 0 aliphatic carbocycles. The third-order valence-electron chi connectivity index (χ3n) is 0.794.